The number of carbonyl (C=O) groups is 1. The standard InChI is InChI=1S/C14H23N3O2.C2H6/c1-14(2)5-6-15-10-11(13(18)19-4)9-12-16(3)7-8-17(12)14;1-2/h7-8,10,12,15H,5-6,9H2,1-4H3;1-2H3/b11-10+;. The molecule has 0 aromatic carbocycles. The van der Waals surface area contributed by atoms with Crippen molar-refractivity contribution in [2.75, 3.05) is 20.7 Å². The van der Waals surface area contributed by atoms with Crippen LogP contribution >= 0.6 is 0 Å². The van der Waals surface area contributed by atoms with Crippen molar-refractivity contribution in [1.29, 1.82) is 0 Å². The predicted molar refractivity (Wildman–Crippen MR) is 85.3 cm³/mol. The Kier molecular flexibility index (Phi) is 6.12. The van der Waals surface area contributed by atoms with Gasteiger partial charge in [0, 0.05) is 44.2 Å². The van der Waals surface area contributed by atoms with Crippen LogP contribution in [-0.2, 0) is 9.53 Å². The van der Waals surface area contributed by atoms with Gasteiger partial charge in [-0.3, -0.25) is 0 Å². The quantitative estimate of drug-likeness (QED) is 0.752. The summed E-state index contributed by atoms with van der Waals surface area (Å²) >= 11 is 0. The Hall–Kier alpha value is -1.65. The van der Waals surface area contributed by atoms with Crippen LogP contribution in [0.1, 0.15) is 40.5 Å². The molecule has 120 valence electrons. The first-order valence-electron chi connectivity index (χ1n) is 7.65. The van der Waals surface area contributed by atoms with Crippen LogP contribution in [0, 0.1) is 0 Å². The van der Waals surface area contributed by atoms with Crippen LogP contribution in [0.15, 0.2) is 24.2 Å². The van der Waals surface area contributed by atoms with Crippen molar-refractivity contribution in [2.24, 2.45) is 0 Å². The first-order chi connectivity index (χ1) is 9.95. The third-order valence-electron chi connectivity index (χ3n) is 3.96. The van der Waals surface area contributed by atoms with E-state index in [1.54, 1.807) is 6.20 Å². The normalized spacial score (nSPS) is 26.0. The van der Waals surface area contributed by atoms with E-state index in [1.807, 2.05) is 20.9 Å². The van der Waals surface area contributed by atoms with E-state index in [9.17, 15) is 4.79 Å². The van der Waals surface area contributed by atoms with Crippen molar-refractivity contribution in [3.05, 3.63) is 24.2 Å². The fourth-order valence-corrected chi connectivity index (χ4v) is 2.65. The lowest BCUT2D eigenvalue weighted by atomic mass is 9.97. The van der Waals surface area contributed by atoms with Gasteiger partial charge in [-0.2, -0.15) is 0 Å². The van der Waals surface area contributed by atoms with E-state index in [2.05, 4.69) is 41.4 Å². The summed E-state index contributed by atoms with van der Waals surface area (Å²) in [5.74, 6) is -0.257. The summed E-state index contributed by atoms with van der Waals surface area (Å²) in [4.78, 5) is 16.3. The number of hydrogen-bond acceptors (Lipinski definition) is 5. The van der Waals surface area contributed by atoms with Gasteiger partial charge in [-0.15, -0.1) is 0 Å². The molecule has 21 heavy (non-hydrogen) atoms. The molecule has 2 aliphatic heterocycles. The van der Waals surface area contributed by atoms with Crippen molar-refractivity contribution in [1.82, 2.24) is 15.1 Å². The van der Waals surface area contributed by atoms with Crippen LogP contribution in [-0.4, -0.2) is 48.2 Å². The maximum Gasteiger partial charge on any atom is 0.335 e. The number of fused-ring (bicyclic) bond motifs is 1. The Labute approximate surface area is 128 Å². The maximum atomic E-state index is 11.8. The molecule has 2 heterocycles. The molecule has 2 aliphatic rings. The summed E-state index contributed by atoms with van der Waals surface area (Å²) < 4.78 is 4.86. The first-order valence-corrected chi connectivity index (χ1v) is 7.65. The molecule has 0 fully saturated rings. The van der Waals surface area contributed by atoms with Gasteiger partial charge in [-0.1, -0.05) is 13.8 Å². The van der Waals surface area contributed by atoms with Crippen LogP contribution in [0.4, 0.5) is 0 Å². The number of nitrogens with zero attached hydrogens (tertiary/aromatic N) is 2. The zero-order valence-corrected chi connectivity index (χ0v) is 14.1. The summed E-state index contributed by atoms with van der Waals surface area (Å²) in [6.45, 7) is 9.30. The Morgan fingerprint density at radius 1 is 1.38 bits per heavy atom. The third kappa shape index (κ3) is 3.93. The van der Waals surface area contributed by atoms with E-state index in [4.69, 9.17) is 4.74 Å². The summed E-state index contributed by atoms with van der Waals surface area (Å²) in [6, 6.07) is 0. The average Bonchev–Trinajstić information content (AvgIpc) is 2.86. The van der Waals surface area contributed by atoms with E-state index in [-0.39, 0.29) is 17.7 Å². The molecule has 2 rings (SSSR count). The minimum atomic E-state index is -0.257. The van der Waals surface area contributed by atoms with Crippen LogP contribution in [0.25, 0.3) is 0 Å². The molecule has 0 bridgehead atoms. The van der Waals surface area contributed by atoms with Crippen LogP contribution in [0.5, 0.6) is 0 Å². The van der Waals surface area contributed by atoms with Gasteiger partial charge in [0.05, 0.1) is 12.7 Å². The van der Waals surface area contributed by atoms with Gasteiger partial charge < -0.3 is 19.9 Å². The van der Waals surface area contributed by atoms with Gasteiger partial charge in [0.1, 0.15) is 6.17 Å². The average molecular weight is 295 g/mol. The Morgan fingerprint density at radius 3 is 2.67 bits per heavy atom. The van der Waals surface area contributed by atoms with Crippen LogP contribution in [0.2, 0.25) is 0 Å². The lowest BCUT2D eigenvalue weighted by Crippen LogP contribution is -2.49. The number of nitrogens with one attached hydrogen (secondary N) is 1. The van der Waals surface area contributed by atoms with E-state index < -0.39 is 0 Å². The van der Waals surface area contributed by atoms with Crippen molar-refractivity contribution in [2.45, 2.75) is 52.2 Å². The number of rotatable bonds is 1. The minimum Gasteiger partial charge on any atom is -0.466 e. The first kappa shape index (κ1) is 17.4. The van der Waals surface area contributed by atoms with Crippen molar-refractivity contribution in [3.8, 4) is 0 Å². The smallest absolute Gasteiger partial charge is 0.335 e. The van der Waals surface area contributed by atoms with Crippen molar-refractivity contribution in [3.63, 3.8) is 0 Å². The highest BCUT2D eigenvalue weighted by Crippen LogP contribution is 2.31. The summed E-state index contributed by atoms with van der Waals surface area (Å²) in [5.41, 5.74) is 0.740. The molecule has 1 atom stereocenters. The van der Waals surface area contributed by atoms with Gasteiger partial charge in [-0.25, -0.2) is 4.79 Å². The molecule has 0 spiro atoms. The highest BCUT2D eigenvalue weighted by atomic mass is 16.5. The van der Waals surface area contributed by atoms with Gasteiger partial charge in [-0.05, 0) is 20.3 Å². The van der Waals surface area contributed by atoms with E-state index in [0.717, 1.165) is 13.0 Å². The third-order valence-corrected chi connectivity index (χ3v) is 3.96. The number of hydrogen-bond donors (Lipinski definition) is 1. The molecule has 5 heteroatoms. The lowest BCUT2D eigenvalue weighted by molar-refractivity contribution is -0.136. The second kappa shape index (κ2) is 7.38. The molecule has 0 saturated heterocycles. The van der Waals surface area contributed by atoms with E-state index in [1.165, 1.54) is 7.11 Å². The van der Waals surface area contributed by atoms with Gasteiger partial charge in [0.15, 0.2) is 0 Å². The summed E-state index contributed by atoms with van der Waals surface area (Å²) in [6.07, 6.45) is 7.80. The number of ether oxygens (including phenoxy) is 1. The molecule has 1 unspecified atom stereocenters. The largest absolute Gasteiger partial charge is 0.466 e. The van der Waals surface area contributed by atoms with E-state index in [0.29, 0.717) is 12.0 Å². The molecule has 0 aromatic rings. The van der Waals surface area contributed by atoms with Crippen LogP contribution < -0.4 is 5.32 Å². The molecule has 0 amide bonds. The number of carbonyl (C=O) groups excluding carboxylic acids is 1. The topological polar surface area (TPSA) is 44.8 Å². The monoisotopic (exact) mass is 295 g/mol. The summed E-state index contributed by atoms with van der Waals surface area (Å²) in [5, 5.41) is 3.22. The van der Waals surface area contributed by atoms with Crippen molar-refractivity contribution >= 4 is 5.97 Å². The Morgan fingerprint density at radius 2 is 2.05 bits per heavy atom. The number of esters is 1. The molecule has 1 N–H and O–H groups in total. The number of methoxy groups -OCH3 is 1. The minimum absolute atomic E-state index is 0.0539. The van der Waals surface area contributed by atoms with Crippen LogP contribution in [0.3, 0.4) is 0 Å². The second-order valence-corrected chi connectivity index (χ2v) is 5.73. The Bertz CT molecular complexity index is 416. The molecule has 0 aliphatic carbocycles. The molecule has 0 saturated carbocycles. The molecule has 0 aromatic heterocycles. The zero-order valence-electron chi connectivity index (χ0n) is 14.1. The maximum absolute atomic E-state index is 11.8. The molecular weight excluding hydrogens is 266 g/mol. The fourth-order valence-electron chi connectivity index (χ4n) is 2.65. The fraction of sp³-hybridized carbons (Fsp3) is 0.688. The second-order valence-electron chi connectivity index (χ2n) is 5.73. The SMILES string of the molecule is CC.COC(=O)/C1=C/NCCC(C)(C)N2C=CN(C)C2C1. The molecule has 5 nitrogen and oxygen atoms in total. The van der Waals surface area contributed by atoms with Gasteiger partial charge in [0.2, 0.25) is 0 Å². The van der Waals surface area contributed by atoms with Gasteiger partial charge in [0.25, 0.3) is 0 Å². The Balaban J connectivity index is 0.00000106. The summed E-state index contributed by atoms with van der Waals surface area (Å²) in [7, 11) is 3.46. The highest BCUT2D eigenvalue weighted by molar-refractivity contribution is 5.88. The molecule has 0 radical (unpaired) electrons. The van der Waals surface area contributed by atoms with E-state index >= 15 is 0 Å². The molecular formula is C16H29N3O2. The lowest BCUT2D eigenvalue weighted by Gasteiger charge is -2.42. The van der Waals surface area contributed by atoms with Gasteiger partial charge >= 0.3 is 5.97 Å². The predicted octanol–water partition coefficient (Wildman–Crippen LogP) is 2.28. The highest BCUT2D eigenvalue weighted by Gasteiger charge is 2.36. The zero-order chi connectivity index (χ0) is 16.0. The van der Waals surface area contributed by atoms with Crippen molar-refractivity contribution < 1.29 is 9.53 Å².